The fourth-order valence-corrected chi connectivity index (χ4v) is 3.90. The van der Waals surface area contributed by atoms with E-state index in [4.69, 9.17) is 0 Å². The molecule has 0 amide bonds. The largest absolute Gasteiger partial charge is 0.383 e. The summed E-state index contributed by atoms with van der Waals surface area (Å²) in [5.41, 5.74) is 0.148. The van der Waals surface area contributed by atoms with E-state index in [0.717, 1.165) is 5.92 Å². The first-order valence-corrected chi connectivity index (χ1v) is 8.90. The van der Waals surface area contributed by atoms with Crippen LogP contribution < -0.4 is 0 Å². The first-order valence-electron chi connectivity index (χ1n) is 8.02. The minimum atomic E-state index is -0.256. The van der Waals surface area contributed by atoms with Crippen LogP contribution in [0.4, 0.5) is 0 Å². The number of rotatable bonds is 10. The van der Waals surface area contributed by atoms with Gasteiger partial charge in [-0.25, -0.2) is 0 Å². The lowest BCUT2D eigenvalue weighted by Gasteiger charge is -2.37. The third-order valence-corrected chi connectivity index (χ3v) is 6.08. The van der Waals surface area contributed by atoms with E-state index >= 15 is 0 Å². The molecule has 1 N–H and O–H groups in total. The number of hydrogen-bond donors (Lipinski definition) is 1. The molecule has 0 bridgehead atoms. The molecule has 0 spiro atoms. The summed E-state index contributed by atoms with van der Waals surface area (Å²) in [7, 11) is 0. The Morgan fingerprint density at radius 3 is 2.00 bits per heavy atom. The van der Waals surface area contributed by atoms with Crippen molar-refractivity contribution in [3.05, 3.63) is 0 Å². The zero-order valence-electron chi connectivity index (χ0n) is 14.3. The lowest BCUT2D eigenvalue weighted by atomic mass is 9.73. The van der Waals surface area contributed by atoms with Crippen LogP contribution in [0.5, 0.6) is 0 Å². The average Bonchev–Trinajstić information content (AvgIpc) is 2.32. The standard InChI is InChI=1S/C17H36OS/c1-8-10-11-17(7,19-15(4)18)13-12-16(5,6)14(3)9-2/h14-15,18H,8-13H2,1-7H3. The third-order valence-electron chi connectivity index (χ3n) is 4.76. The molecule has 2 heteroatoms. The molecule has 0 fully saturated rings. The first kappa shape index (κ1) is 19.3. The molecule has 0 aromatic heterocycles. The Hall–Kier alpha value is 0.310. The molecule has 0 aromatic carbocycles. The number of hydrogen-bond acceptors (Lipinski definition) is 2. The highest BCUT2D eigenvalue weighted by Gasteiger charge is 2.31. The van der Waals surface area contributed by atoms with Gasteiger partial charge in [-0.3, -0.25) is 0 Å². The predicted octanol–water partition coefficient (Wildman–Crippen LogP) is 5.86. The van der Waals surface area contributed by atoms with Crippen LogP contribution in [-0.2, 0) is 0 Å². The second-order valence-electron chi connectivity index (χ2n) is 7.07. The van der Waals surface area contributed by atoms with Crippen LogP contribution in [-0.4, -0.2) is 15.3 Å². The lowest BCUT2D eigenvalue weighted by molar-refractivity contribution is 0.191. The highest BCUT2D eigenvalue weighted by Crippen LogP contribution is 2.42. The van der Waals surface area contributed by atoms with Gasteiger partial charge in [0, 0.05) is 4.75 Å². The zero-order chi connectivity index (χ0) is 15.1. The second kappa shape index (κ2) is 8.56. The normalized spacial score (nSPS) is 18.9. The van der Waals surface area contributed by atoms with Crippen LogP contribution in [0, 0.1) is 11.3 Å². The molecule has 0 aliphatic rings. The van der Waals surface area contributed by atoms with E-state index < -0.39 is 0 Å². The SMILES string of the molecule is CCCCC(C)(CCC(C)(C)C(C)CC)SC(C)O. The Bertz CT molecular complexity index is 237. The first-order chi connectivity index (χ1) is 8.67. The lowest BCUT2D eigenvalue weighted by Crippen LogP contribution is -2.28. The molecule has 0 radical (unpaired) electrons. The van der Waals surface area contributed by atoms with Crippen molar-refractivity contribution in [2.24, 2.45) is 11.3 Å². The molecular weight excluding hydrogens is 252 g/mol. The van der Waals surface area contributed by atoms with Gasteiger partial charge in [-0.15, -0.1) is 11.8 Å². The van der Waals surface area contributed by atoms with Gasteiger partial charge >= 0.3 is 0 Å². The molecule has 19 heavy (non-hydrogen) atoms. The summed E-state index contributed by atoms with van der Waals surface area (Å²) in [5, 5.41) is 9.74. The fourth-order valence-electron chi connectivity index (χ4n) is 2.59. The summed E-state index contributed by atoms with van der Waals surface area (Å²) in [4.78, 5) is 0. The molecule has 0 saturated carbocycles. The van der Waals surface area contributed by atoms with E-state index in [2.05, 4.69) is 41.5 Å². The van der Waals surface area contributed by atoms with Crippen LogP contribution in [0.15, 0.2) is 0 Å². The number of aliphatic hydroxyl groups excluding tert-OH is 1. The van der Waals surface area contributed by atoms with Gasteiger partial charge in [0.25, 0.3) is 0 Å². The Balaban J connectivity index is 4.56. The summed E-state index contributed by atoms with van der Waals surface area (Å²) in [5.74, 6) is 0.763. The van der Waals surface area contributed by atoms with Crippen LogP contribution >= 0.6 is 11.8 Å². The molecule has 0 rings (SSSR count). The maximum Gasteiger partial charge on any atom is 0.0969 e. The summed E-state index contributed by atoms with van der Waals surface area (Å²) < 4.78 is 0.231. The Kier molecular flexibility index (Phi) is 8.70. The molecule has 116 valence electrons. The second-order valence-corrected chi connectivity index (χ2v) is 8.97. The molecule has 3 unspecified atom stereocenters. The van der Waals surface area contributed by atoms with Gasteiger partial charge in [0.1, 0.15) is 0 Å². The van der Waals surface area contributed by atoms with E-state index in [0.29, 0.717) is 5.41 Å². The Labute approximate surface area is 125 Å². The van der Waals surface area contributed by atoms with Gasteiger partial charge in [-0.05, 0) is 37.5 Å². The smallest absolute Gasteiger partial charge is 0.0969 e. The number of aliphatic hydroxyl groups is 1. The van der Waals surface area contributed by atoms with Crippen LogP contribution in [0.3, 0.4) is 0 Å². The van der Waals surface area contributed by atoms with E-state index in [1.165, 1.54) is 38.5 Å². The van der Waals surface area contributed by atoms with Gasteiger partial charge in [-0.1, -0.05) is 60.8 Å². The van der Waals surface area contributed by atoms with E-state index in [-0.39, 0.29) is 10.2 Å². The summed E-state index contributed by atoms with van der Waals surface area (Å²) in [6.45, 7) is 15.9. The van der Waals surface area contributed by atoms with Gasteiger partial charge in [0.15, 0.2) is 0 Å². The van der Waals surface area contributed by atoms with Gasteiger partial charge in [0.2, 0.25) is 0 Å². The molecule has 0 saturated heterocycles. The van der Waals surface area contributed by atoms with Crippen molar-refractivity contribution >= 4 is 11.8 Å². The van der Waals surface area contributed by atoms with E-state index in [1.54, 1.807) is 11.8 Å². The maximum atomic E-state index is 9.74. The van der Waals surface area contributed by atoms with Crippen molar-refractivity contribution in [1.29, 1.82) is 0 Å². The molecule has 1 nitrogen and oxygen atoms in total. The van der Waals surface area contributed by atoms with Gasteiger partial charge in [-0.2, -0.15) is 0 Å². The zero-order valence-corrected chi connectivity index (χ0v) is 15.1. The van der Waals surface area contributed by atoms with Crippen molar-refractivity contribution < 1.29 is 5.11 Å². The van der Waals surface area contributed by atoms with E-state index in [1.807, 2.05) is 6.92 Å². The molecular formula is C17H36OS. The van der Waals surface area contributed by atoms with E-state index in [9.17, 15) is 5.11 Å². The fraction of sp³-hybridized carbons (Fsp3) is 1.00. The van der Waals surface area contributed by atoms with Crippen LogP contribution in [0.1, 0.15) is 87.0 Å². The number of unbranched alkanes of at least 4 members (excludes halogenated alkanes) is 1. The monoisotopic (exact) mass is 288 g/mol. The summed E-state index contributed by atoms with van der Waals surface area (Å²) >= 11 is 1.76. The van der Waals surface area contributed by atoms with Crippen molar-refractivity contribution in [3.63, 3.8) is 0 Å². The molecule has 0 aromatic rings. The Morgan fingerprint density at radius 1 is 1.00 bits per heavy atom. The topological polar surface area (TPSA) is 20.2 Å². The van der Waals surface area contributed by atoms with Crippen molar-refractivity contribution in [2.75, 3.05) is 0 Å². The molecule has 0 aliphatic carbocycles. The van der Waals surface area contributed by atoms with Crippen LogP contribution in [0.2, 0.25) is 0 Å². The quantitative estimate of drug-likeness (QED) is 0.508. The van der Waals surface area contributed by atoms with Crippen molar-refractivity contribution in [1.82, 2.24) is 0 Å². The highest BCUT2D eigenvalue weighted by atomic mass is 32.2. The molecule has 0 aliphatic heterocycles. The van der Waals surface area contributed by atoms with Crippen LogP contribution in [0.25, 0.3) is 0 Å². The predicted molar refractivity (Wildman–Crippen MR) is 89.7 cm³/mol. The number of thioether (sulfide) groups is 1. The maximum absolute atomic E-state index is 9.74. The Morgan fingerprint density at radius 2 is 1.58 bits per heavy atom. The minimum absolute atomic E-state index is 0.231. The minimum Gasteiger partial charge on any atom is -0.383 e. The third kappa shape index (κ3) is 7.60. The molecule has 3 atom stereocenters. The van der Waals surface area contributed by atoms with Crippen molar-refractivity contribution in [2.45, 2.75) is 97.2 Å². The summed E-state index contributed by atoms with van der Waals surface area (Å²) in [6.07, 6.45) is 7.43. The van der Waals surface area contributed by atoms with Gasteiger partial charge < -0.3 is 5.11 Å². The van der Waals surface area contributed by atoms with Crippen molar-refractivity contribution in [3.8, 4) is 0 Å². The average molecular weight is 289 g/mol. The molecule has 0 heterocycles. The highest BCUT2D eigenvalue weighted by molar-refractivity contribution is 8.01. The summed E-state index contributed by atoms with van der Waals surface area (Å²) in [6, 6.07) is 0. The van der Waals surface area contributed by atoms with Gasteiger partial charge in [0.05, 0.1) is 5.44 Å².